The number of hydrogen-bond donors (Lipinski definition) is 1. The van der Waals surface area contributed by atoms with Crippen molar-refractivity contribution in [1.29, 1.82) is 0 Å². The van der Waals surface area contributed by atoms with E-state index >= 15 is 0 Å². The highest BCUT2D eigenvalue weighted by atomic mass is 35.5. The van der Waals surface area contributed by atoms with Crippen molar-refractivity contribution in [3.05, 3.63) is 28.3 Å². The van der Waals surface area contributed by atoms with Crippen LogP contribution in [0.1, 0.15) is 82.8 Å². The molecule has 1 atom stereocenters. The summed E-state index contributed by atoms with van der Waals surface area (Å²) in [7, 11) is 0. The molecule has 2 spiro atoms. The van der Waals surface area contributed by atoms with Gasteiger partial charge < -0.3 is 29.7 Å². The summed E-state index contributed by atoms with van der Waals surface area (Å²) >= 11 is 6.42. The van der Waals surface area contributed by atoms with Crippen LogP contribution in [0.4, 0.5) is 10.6 Å². The van der Waals surface area contributed by atoms with E-state index in [0.717, 1.165) is 44.9 Å². The number of rotatable bonds is 3. The average molecular weight is 562 g/mol. The lowest BCUT2D eigenvalue weighted by atomic mass is 9.61. The molecule has 0 aromatic carbocycles. The Hall–Kier alpha value is -2.43. The SMILES string of the molecule is CC(C)(C)OC(=O)N1CCCN(c2cc(Cl)nc(C(=O)C3=C(N)[C@]4(CCCCC45OCCO5)CCC3)n2)CC1. The minimum absolute atomic E-state index is 0.0406. The largest absolute Gasteiger partial charge is 0.444 e. The Bertz CT molecular complexity index is 1150. The van der Waals surface area contributed by atoms with E-state index < -0.39 is 16.8 Å². The number of amides is 1. The molecular formula is C28H40ClN5O5. The van der Waals surface area contributed by atoms with Crippen LogP contribution in [0.15, 0.2) is 17.3 Å². The monoisotopic (exact) mass is 561 g/mol. The number of aromatic nitrogens is 2. The summed E-state index contributed by atoms with van der Waals surface area (Å²) in [4.78, 5) is 39.2. The van der Waals surface area contributed by atoms with Gasteiger partial charge in [0.05, 0.1) is 18.6 Å². The molecule has 2 aliphatic carbocycles. The lowest BCUT2D eigenvalue weighted by Gasteiger charge is -2.52. The quantitative estimate of drug-likeness (QED) is 0.421. The molecule has 2 aliphatic heterocycles. The fraction of sp³-hybridized carbons (Fsp3) is 0.714. The number of Topliss-reactive ketones (excluding diaryl/α,β-unsaturated/α-hetero) is 1. The maximum Gasteiger partial charge on any atom is 0.410 e. The average Bonchev–Trinajstić information content (AvgIpc) is 3.21. The van der Waals surface area contributed by atoms with Crippen LogP contribution in [0, 0.1) is 5.41 Å². The third-order valence-electron chi connectivity index (χ3n) is 8.34. The van der Waals surface area contributed by atoms with Crippen molar-refractivity contribution in [2.75, 3.05) is 44.3 Å². The minimum atomic E-state index is -0.756. The predicted octanol–water partition coefficient (Wildman–Crippen LogP) is 4.46. The number of nitrogens with two attached hydrogens (primary N) is 1. The van der Waals surface area contributed by atoms with E-state index in [-0.39, 0.29) is 22.9 Å². The van der Waals surface area contributed by atoms with Gasteiger partial charge >= 0.3 is 6.09 Å². The van der Waals surface area contributed by atoms with Crippen molar-refractivity contribution >= 4 is 29.3 Å². The molecule has 0 bridgehead atoms. The van der Waals surface area contributed by atoms with Crippen LogP contribution >= 0.6 is 11.6 Å². The predicted molar refractivity (Wildman–Crippen MR) is 147 cm³/mol. The highest BCUT2D eigenvalue weighted by molar-refractivity contribution is 6.29. The Morgan fingerprint density at radius 2 is 1.72 bits per heavy atom. The zero-order valence-electron chi connectivity index (χ0n) is 23.3. The van der Waals surface area contributed by atoms with Crippen LogP contribution in [0.5, 0.6) is 0 Å². The van der Waals surface area contributed by atoms with Crippen molar-refractivity contribution in [2.45, 2.75) is 83.5 Å². The van der Waals surface area contributed by atoms with Gasteiger partial charge in [0, 0.05) is 49.9 Å². The first-order chi connectivity index (χ1) is 18.5. The summed E-state index contributed by atoms with van der Waals surface area (Å²) < 4.78 is 18.0. The Labute approximate surface area is 235 Å². The van der Waals surface area contributed by atoms with Gasteiger partial charge in [0.2, 0.25) is 11.6 Å². The molecule has 3 heterocycles. The van der Waals surface area contributed by atoms with Crippen molar-refractivity contribution in [3.8, 4) is 0 Å². The molecule has 39 heavy (non-hydrogen) atoms. The molecule has 1 saturated carbocycles. The molecule has 1 aromatic rings. The van der Waals surface area contributed by atoms with Gasteiger partial charge in [-0.25, -0.2) is 14.8 Å². The second kappa shape index (κ2) is 10.9. The maximum absolute atomic E-state index is 13.9. The van der Waals surface area contributed by atoms with Gasteiger partial charge in [-0.05, 0) is 59.3 Å². The van der Waals surface area contributed by atoms with Gasteiger partial charge in [0.1, 0.15) is 16.6 Å². The first kappa shape index (κ1) is 28.1. The van der Waals surface area contributed by atoms with Gasteiger partial charge in [0.25, 0.3) is 0 Å². The van der Waals surface area contributed by atoms with E-state index in [1.807, 2.05) is 25.7 Å². The summed E-state index contributed by atoms with van der Waals surface area (Å²) in [6.07, 6.45) is 6.25. The third kappa shape index (κ3) is 5.47. The van der Waals surface area contributed by atoms with Crippen LogP contribution in [-0.2, 0) is 14.2 Å². The first-order valence-corrected chi connectivity index (χ1v) is 14.5. The lowest BCUT2D eigenvalue weighted by molar-refractivity contribution is -0.248. The topological polar surface area (TPSA) is 120 Å². The van der Waals surface area contributed by atoms with E-state index in [0.29, 0.717) is 62.9 Å². The Balaban J connectivity index is 1.38. The van der Waals surface area contributed by atoms with Gasteiger partial charge in [-0.15, -0.1) is 0 Å². The summed E-state index contributed by atoms with van der Waals surface area (Å²) in [6, 6.07) is 1.66. The minimum Gasteiger partial charge on any atom is -0.444 e. The van der Waals surface area contributed by atoms with Crippen molar-refractivity contribution in [2.24, 2.45) is 11.1 Å². The smallest absolute Gasteiger partial charge is 0.410 e. The summed E-state index contributed by atoms with van der Waals surface area (Å²) in [6.45, 7) is 8.89. The first-order valence-electron chi connectivity index (χ1n) is 14.1. The number of halogens is 1. The Morgan fingerprint density at radius 1 is 1.00 bits per heavy atom. The molecule has 3 fully saturated rings. The standard InChI is InChI=1S/C28H40ClN5O5/c1-26(2,3)39-25(36)34-13-7-12-33(14-15-34)21-18-20(29)31-24(32-21)22(35)19-8-6-10-27(23(19)30)9-4-5-11-28(27)37-16-17-38-28/h18H,4-17,30H2,1-3H3/t27-/m0/s1. The normalized spacial score (nSPS) is 25.7. The van der Waals surface area contributed by atoms with E-state index in [1.165, 1.54) is 0 Å². The van der Waals surface area contributed by atoms with Crippen molar-refractivity contribution in [3.63, 3.8) is 0 Å². The van der Waals surface area contributed by atoms with Crippen LogP contribution in [-0.4, -0.2) is 77.5 Å². The van der Waals surface area contributed by atoms with E-state index in [9.17, 15) is 9.59 Å². The molecule has 2 N–H and O–H groups in total. The molecule has 4 aliphatic rings. The van der Waals surface area contributed by atoms with Crippen LogP contribution in [0.25, 0.3) is 0 Å². The molecule has 5 rings (SSSR count). The van der Waals surface area contributed by atoms with Crippen LogP contribution in [0.2, 0.25) is 5.15 Å². The molecule has 1 amide bonds. The summed E-state index contributed by atoms with van der Waals surface area (Å²) in [5.41, 5.74) is 6.90. The molecule has 11 heteroatoms. The van der Waals surface area contributed by atoms with E-state index in [2.05, 4.69) is 9.97 Å². The molecule has 10 nitrogen and oxygen atoms in total. The number of nitrogens with zero attached hydrogens (tertiary/aromatic N) is 4. The fourth-order valence-corrected chi connectivity index (χ4v) is 6.74. The van der Waals surface area contributed by atoms with Crippen molar-refractivity contribution < 1.29 is 23.8 Å². The second-order valence-corrected chi connectivity index (χ2v) is 12.4. The lowest BCUT2D eigenvalue weighted by Crippen LogP contribution is -2.56. The highest BCUT2D eigenvalue weighted by Gasteiger charge is 2.59. The summed E-state index contributed by atoms with van der Waals surface area (Å²) in [5, 5.41) is 0.192. The number of ether oxygens (including phenoxy) is 3. The fourth-order valence-electron chi connectivity index (χ4n) is 6.57. The number of hydrogen-bond acceptors (Lipinski definition) is 9. The van der Waals surface area contributed by atoms with Gasteiger partial charge in [0.15, 0.2) is 5.79 Å². The highest BCUT2D eigenvalue weighted by Crippen LogP contribution is 2.57. The zero-order chi connectivity index (χ0) is 27.8. The molecular weight excluding hydrogens is 522 g/mol. The van der Waals surface area contributed by atoms with E-state index in [1.54, 1.807) is 11.0 Å². The molecule has 0 unspecified atom stereocenters. The summed E-state index contributed by atoms with van der Waals surface area (Å²) in [5.74, 6) is -0.447. The molecule has 0 radical (unpaired) electrons. The van der Waals surface area contributed by atoms with Crippen molar-refractivity contribution in [1.82, 2.24) is 14.9 Å². The number of carbonyl (C=O) groups is 2. The molecule has 1 aromatic heterocycles. The van der Waals surface area contributed by atoms with Gasteiger partial charge in [-0.3, -0.25) is 4.79 Å². The van der Waals surface area contributed by atoms with E-state index in [4.69, 9.17) is 31.5 Å². The number of allylic oxidation sites excluding steroid dienone is 1. The Morgan fingerprint density at radius 3 is 2.46 bits per heavy atom. The number of carbonyl (C=O) groups excluding carboxylic acids is 2. The third-order valence-corrected chi connectivity index (χ3v) is 8.54. The zero-order valence-corrected chi connectivity index (χ0v) is 24.0. The number of fused-ring (bicyclic) bond motifs is 1. The molecule has 214 valence electrons. The number of anilines is 1. The van der Waals surface area contributed by atoms with Gasteiger partial charge in [-0.2, -0.15) is 0 Å². The molecule has 2 saturated heterocycles. The van der Waals surface area contributed by atoms with Crippen LogP contribution < -0.4 is 10.6 Å². The van der Waals surface area contributed by atoms with Crippen LogP contribution in [0.3, 0.4) is 0 Å². The maximum atomic E-state index is 13.9. The Kier molecular flexibility index (Phi) is 7.83. The number of ketones is 1. The second-order valence-electron chi connectivity index (χ2n) is 12.0. The van der Waals surface area contributed by atoms with Gasteiger partial charge in [-0.1, -0.05) is 18.0 Å².